The summed E-state index contributed by atoms with van der Waals surface area (Å²) in [5.41, 5.74) is 7.23. The molecular weight excluding hydrogens is 342 g/mol. The van der Waals surface area contributed by atoms with Gasteiger partial charge in [-0.3, -0.25) is 9.52 Å². The minimum absolute atomic E-state index is 0. The summed E-state index contributed by atoms with van der Waals surface area (Å²) in [5.74, 6) is -0.347. The number of ether oxygens (including phenoxy) is 1. The maximum absolute atomic E-state index is 11.9. The molecule has 4 N–H and O–H groups in total. The smallest absolute Gasteiger partial charge is 0.243 e. The standard InChI is InChI=1S/C14H23N3O4S.ClH/c1-4-8-22(19,20)17-13-7-5-6-12(10(13)2)16-14(18)11(15)9-21-3;/h5-7,11,17H,4,8-9,15H2,1-3H3,(H,16,18);1H. The van der Waals surface area contributed by atoms with Crippen molar-refractivity contribution < 1.29 is 17.9 Å². The van der Waals surface area contributed by atoms with Gasteiger partial charge in [0.1, 0.15) is 6.04 Å². The number of halogens is 1. The highest BCUT2D eigenvalue weighted by atomic mass is 35.5. The van der Waals surface area contributed by atoms with Gasteiger partial charge in [0, 0.05) is 12.8 Å². The number of rotatable bonds is 8. The van der Waals surface area contributed by atoms with Crippen molar-refractivity contribution >= 4 is 39.7 Å². The second-order valence-electron chi connectivity index (χ2n) is 4.95. The maximum Gasteiger partial charge on any atom is 0.243 e. The van der Waals surface area contributed by atoms with Crippen molar-refractivity contribution in [2.75, 3.05) is 29.5 Å². The lowest BCUT2D eigenvalue weighted by Gasteiger charge is -2.16. The number of carbonyl (C=O) groups excluding carboxylic acids is 1. The van der Waals surface area contributed by atoms with E-state index in [4.69, 9.17) is 10.5 Å². The number of sulfonamides is 1. The topological polar surface area (TPSA) is 111 Å². The highest BCUT2D eigenvalue weighted by Crippen LogP contribution is 2.24. The van der Waals surface area contributed by atoms with Crippen LogP contribution in [0.4, 0.5) is 11.4 Å². The summed E-state index contributed by atoms with van der Waals surface area (Å²) in [7, 11) is -1.92. The molecule has 0 heterocycles. The molecule has 1 unspecified atom stereocenters. The van der Waals surface area contributed by atoms with Crippen molar-refractivity contribution in [2.45, 2.75) is 26.3 Å². The number of anilines is 2. The Bertz CT molecular complexity index is 622. The molecule has 1 atom stereocenters. The molecule has 0 radical (unpaired) electrons. The van der Waals surface area contributed by atoms with Crippen LogP contribution < -0.4 is 15.8 Å². The lowest BCUT2D eigenvalue weighted by molar-refractivity contribution is -0.118. The predicted octanol–water partition coefficient (Wildman–Crippen LogP) is 1.48. The molecule has 7 nitrogen and oxygen atoms in total. The van der Waals surface area contributed by atoms with Gasteiger partial charge in [0.15, 0.2) is 0 Å². The van der Waals surface area contributed by atoms with Crippen LogP contribution in [-0.4, -0.2) is 39.8 Å². The van der Waals surface area contributed by atoms with Gasteiger partial charge in [-0.2, -0.15) is 0 Å². The molecule has 0 aliphatic rings. The van der Waals surface area contributed by atoms with Crippen LogP contribution in [-0.2, 0) is 19.6 Å². The summed E-state index contributed by atoms with van der Waals surface area (Å²) < 4.78 is 31.0. The Morgan fingerprint density at radius 2 is 1.96 bits per heavy atom. The van der Waals surface area contributed by atoms with Gasteiger partial charge in [-0.25, -0.2) is 8.42 Å². The Balaban J connectivity index is 0.00000484. The molecule has 0 aliphatic carbocycles. The minimum atomic E-state index is -3.38. The summed E-state index contributed by atoms with van der Waals surface area (Å²) >= 11 is 0. The van der Waals surface area contributed by atoms with E-state index in [1.54, 1.807) is 32.0 Å². The number of amides is 1. The summed E-state index contributed by atoms with van der Waals surface area (Å²) in [5, 5.41) is 2.67. The van der Waals surface area contributed by atoms with Crippen LogP contribution in [0, 0.1) is 6.92 Å². The molecule has 0 saturated carbocycles. The Morgan fingerprint density at radius 3 is 2.52 bits per heavy atom. The molecule has 0 bridgehead atoms. The molecule has 1 amide bonds. The lowest BCUT2D eigenvalue weighted by Crippen LogP contribution is -2.39. The monoisotopic (exact) mass is 365 g/mol. The SMILES string of the molecule is CCCS(=O)(=O)Nc1cccc(NC(=O)C(N)COC)c1C.Cl. The normalized spacial score (nSPS) is 12.2. The lowest BCUT2D eigenvalue weighted by atomic mass is 10.1. The van der Waals surface area contributed by atoms with Crippen LogP contribution in [0.3, 0.4) is 0 Å². The highest BCUT2D eigenvalue weighted by molar-refractivity contribution is 7.92. The predicted molar refractivity (Wildman–Crippen MR) is 94.6 cm³/mol. The molecule has 0 aromatic heterocycles. The van der Waals surface area contributed by atoms with Crippen molar-refractivity contribution in [1.29, 1.82) is 0 Å². The highest BCUT2D eigenvalue weighted by Gasteiger charge is 2.16. The van der Waals surface area contributed by atoms with Crippen molar-refractivity contribution in [2.24, 2.45) is 5.73 Å². The van der Waals surface area contributed by atoms with Crippen molar-refractivity contribution in [1.82, 2.24) is 0 Å². The van der Waals surface area contributed by atoms with Crippen LogP contribution in [0.2, 0.25) is 0 Å². The molecule has 1 rings (SSSR count). The summed E-state index contributed by atoms with van der Waals surface area (Å²) in [6.45, 7) is 3.62. The van der Waals surface area contributed by atoms with Gasteiger partial charge >= 0.3 is 0 Å². The second kappa shape index (κ2) is 9.71. The summed E-state index contributed by atoms with van der Waals surface area (Å²) in [6.07, 6.45) is 0.524. The largest absolute Gasteiger partial charge is 0.383 e. The van der Waals surface area contributed by atoms with E-state index in [2.05, 4.69) is 10.0 Å². The molecule has 132 valence electrons. The zero-order valence-electron chi connectivity index (χ0n) is 13.5. The van der Waals surface area contributed by atoms with E-state index in [0.29, 0.717) is 23.4 Å². The first-order valence-corrected chi connectivity index (χ1v) is 8.61. The molecule has 0 spiro atoms. The average molecular weight is 366 g/mol. The fourth-order valence-electron chi connectivity index (χ4n) is 1.85. The third-order valence-corrected chi connectivity index (χ3v) is 4.49. The first-order valence-electron chi connectivity index (χ1n) is 6.96. The van der Waals surface area contributed by atoms with Gasteiger partial charge < -0.3 is 15.8 Å². The minimum Gasteiger partial charge on any atom is -0.383 e. The second-order valence-corrected chi connectivity index (χ2v) is 6.79. The third kappa shape index (κ3) is 6.74. The van der Waals surface area contributed by atoms with E-state index >= 15 is 0 Å². The molecule has 0 aliphatic heterocycles. The van der Waals surface area contributed by atoms with Gasteiger partial charge in [0.05, 0.1) is 18.0 Å². The van der Waals surface area contributed by atoms with E-state index in [0.717, 1.165) is 0 Å². The Hall–Kier alpha value is -1.35. The zero-order chi connectivity index (χ0) is 16.8. The van der Waals surface area contributed by atoms with Gasteiger partial charge in [-0.1, -0.05) is 13.0 Å². The van der Waals surface area contributed by atoms with E-state index in [9.17, 15) is 13.2 Å². The Morgan fingerprint density at radius 1 is 1.35 bits per heavy atom. The molecule has 0 saturated heterocycles. The van der Waals surface area contributed by atoms with Crippen LogP contribution >= 0.6 is 12.4 Å². The van der Waals surface area contributed by atoms with Crippen LogP contribution in [0.25, 0.3) is 0 Å². The Kier molecular flexibility index (Phi) is 9.14. The van der Waals surface area contributed by atoms with Crippen molar-refractivity contribution in [3.63, 3.8) is 0 Å². The molecule has 0 fully saturated rings. The maximum atomic E-state index is 11.9. The van der Waals surface area contributed by atoms with Crippen LogP contribution in [0.1, 0.15) is 18.9 Å². The fourth-order valence-corrected chi connectivity index (χ4v) is 3.05. The molecule has 1 aromatic carbocycles. The van der Waals surface area contributed by atoms with E-state index < -0.39 is 22.0 Å². The van der Waals surface area contributed by atoms with E-state index in [-0.39, 0.29) is 24.8 Å². The molecule has 9 heteroatoms. The fraction of sp³-hybridized carbons (Fsp3) is 0.500. The number of nitrogens with one attached hydrogen (secondary N) is 2. The number of hydrogen-bond acceptors (Lipinski definition) is 5. The van der Waals surface area contributed by atoms with Crippen molar-refractivity contribution in [3.05, 3.63) is 23.8 Å². The van der Waals surface area contributed by atoms with Gasteiger partial charge in [0.25, 0.3) is 0 Å². The molecule has 23 heavy (non-hydrogen) atoms. The average Bonchev–Trinajstić information content (AvgIpc) is 2.43. The number of carbonyl (C=O) groups is 1. The quantitative estimate of drug-likeness (QED) is 0.646. The third-order valence-electron chi connectivity index (χ3n) is 3.01. The first-order chi connectivity index (χ1) is 10.3. The van der Waals surface area contributed by atoms with Gasteiger partial charge in [-0.15, -0.1) is 12.4 Å². The number of methoxy groups -OCH3 is 1. The van der Waals surface area contributed by atoms with Crippen LogP contribution in [0.5, 0.6) is 0 Å². The summed E-state index contributed by atoms with van der Waals surface area (Å²) in [6, 6.07) is 4.20. The molecular formula is C14H24ClN3O4S. The van der Waals surface area contributed by atoms with Gasteiger partial charge in [-0.05, 0) is 31.0 Å². The van der Waals surface area contributed by atoms with Crippen LogP contribution in [0.15, 0.2) is 18.2 Å². The number of benzene rings is 1. The number of hydrogen-bond donors (Lipinski definition) is 3. The Labute approximate surface area is 143 Å². The van der Waals surface area contributed by atoms with E-state index in [1.165, 1.54) is 7.11 Å². The van der Waals surface area contributed by atoms with Crippen molar-refractivity contribution in [3.8, 4) is 0 Å². The zero-order valence-corrected chi connectivity index (χ0v) is 15.1. The number of nitrogens with two attached hydrogens (primary N) is 1. The van der Waals surface area contributed by atoms with E-state index in [1.807, 2.05) is 0 Å². The molecule has 1 aromatic rings. The summed E-state index contributed by atoms with van der Waals surface area (Å²) in [4.78, 5) is 11.9. The van der Waals surface area contributed by atoms with Gasteiger partial charge in [0.2, 0.25) is 15.9 Å². The first kappa shape index (κ1) is 21.6.